The van der Waals surface area contributed by atoms with Crippen molar-refractivity contribution >= 4 is 16.9 Å². The highest BCUT2D eigenvalue weighted by Gasteiger charge is 2.19. The molecule has 1 aliphatic rings. The normalized spacial score (nSPS) is 13.9. The zero-order valence-corrected chi connectivity index (χ0v) is 9.03. The SMILES string of the molecule is O=C(O)c1ccc2oc3c(c(=O)c2c1)CCC3. The summed E-state index contributed by atoms with van der Waals surface area (Å²) in [6.45, 7) is 0. The van der Waals surface area contributed by atoms with Gasteiger partial charge in [0.2, 0.25) is 0 Å². The van der Waals surface area contributed by atoms with E-state index in [1.54, 1.807) is 6.07 Å². The number of carbonyl (C=O) groups is 1. The molecule has 2 aromatic rings. The molecule has 0 atom stereocenters. The second-order valence-electron chi connectivity index (χ2n) is 4.20. The van der Waals surface area contributed by atoms with E-state index in [-0.39, 0.29) is 11.0 Å². The zero-order chi connectivity index (χ0) is 12.0. The van der Waals surface area contributed by atoms with Gasteiger partial charge in [-0.2, -0.15) is 0 Å². The van der Waals surface area contributed by atoms with Gasteiger partial charge in [-0.1, -0.05) is 0 Å². The Morgan fingerprint density at radius 1 is 1.29 bits per heavy atom. The maximum atomic E-state index is 12.1. The Labute approximate surface area is 96.5 Å². The van der Waals surface area contributed by atoms with Gasteiger partial charge in [0.25, 0.3) is 0 Å². The Hall–Kier alpha value is -2.10. The molecule has 1 aromatic heterocycles. The number of aromatic carboxylic acids is 1. The molecule has 0 amide bonds. The highest BCUT2D eigenvalue weighted by Crippen LogP contribution is 2.23. The number of benzene rings is 1. The summed E-state index contributed by atoms with van der Waals surface area (Å²) in [5.41, 5.74) is 1.21. The lowest BCUT2D eigenvalue weighted by molar-refractivity contribution is 0.0697. The Morgan fingerprint density at radius 2 is 2.12 bits per heavy atom. The summed E-state index contributed by atoms with van der Waals surface area (Å²) in [6.07, 6.45) is 2.45. The summed E-state index contributed by atoms with van der Waals surface area (Å²) in [4.78, 5) is 23.0. The van der Waals surface area contributed by atoms with Gasteiger partial charge in [-0.05, 0) is 31.0 Å². The van der Waals surface area contributed by atoms with E-state index in [1.165, 1.54) is 12.1 Å². The molecule has 17 heavy (non-hydrogen) atoms. The third kappa shape index (κ3) is 1.45. The van der Waals surface area contributed by atoms with Gasteiger partial charge >= 0.3 is 5.97 Å². The lowest BCUT2D eigenvalue weighted by Crippen LogP contribution is -2.09. The fourth-order valence-electron chi connectivity index (χ4n) is 2.29. The van der Waals surface area contributed by atoms with Crippen molar-refractivity contribution in [2.75, 3.05) is 0 Å². The topological polar surface area (TPSA) is 67.5 Å². The van der Waals surface area contributed by atoms with E-state index in [4.69, 9.17) is 9.52 Å². The van der Waals surface area contributed by atoms with Gasteiger partial charge in [-0.25, -0.2) is 4.79 Å². The van der Waals surface area contributed by atoms with Crippen molar-refractivity contribution in [1.29, 1.82) is 0 Å². The lowest BCUT2D eigenvalue weighted by Gasteiger charge is -2.02. The smallest absolute Gasteiger partial charge is 0.335 e. The van der Waals surface area contributed by atoms with Crippen LogP contribution in [0.25, 0.3) is 11.0 Å². The first-order valence-electron chi connectivity index (χ1n) is 5.49. The van der Waals surface area contributed by atoms with Crippen molar-refractivity contribution in [2.24, 2.45) is 0 Å². The zero-order valence-electron chi connectivity index (χ0n) is 9.03. The van der Waals surface area contributed by atoms with Crippen LogP contribution in [0, 0.1) is 0 Å². The average molecular weight is 230 g/mol. The molecular weight excluding hydrogens is 220 g/mol. The third-order valence-electron chi connectivity index (χ3n) is 3.15. The second-order valence-corrected chi connectivity index (χ2v) is 4.20. The molecule has 0 bridgehead atoms. The van der Waals surface area contributed by atoms with Gasteiger partial charge in [0.15, 0.2) is 5.43 Å². The van der Waals surface area contributed by atoms with Crippen molar-refractivity contribution < 1.29 is 14.3 Å². The molecule has 0 spiro atoms. The van der Waals surface area contributed by atoms with Crippen LogP contribution in [0.3, 0.4) is 0 Å². The van der Waals surface area contributed by atoms with Crippen LogP contribution in [-0.4, -0.2) is 11.1 Å². The molecule has 1 heterocycles. The Kier molecular flexibility index (Phi) is 2.04. The van der Waals surface area contributed by atoms with Gasteiger partial charge < -0.3 is 9.52 Å². The summed E-state index contributed by atoms with van der Waals surface area (Å²) in [5, 5.41) is 9.26. The van der Waals surface area contributed by atoms with Crippen LogP contribution in [0.4, 0.5) is 0 Å². The molecule has 1 aliphatic carbocycles. The highest BCUT2D eigenvalue weighted by molar-refractivity contribution is 5.92. The van der Waals surface area contributed by atoms with E-state index >= 15 is 0 Å². The van der Waals surface area contributed by atoms with E-state index in [0.29, 0.717) is 16.5 Å². The molecule has 1 aromatic carbocycles. The van der Waals surface area contributed by atoms with E-state index in [9.17, 15) is 9.59 Å². The van der Waals surface area contributed by atoms with Gasteiger partial charge in [0, 0.05) is 12.0 Å². The minimum atomic E-state index is -1.04. The maximum Gasteiger partial charge on any atom is 0.335 e. The van der Waals surface area contributed by atoms with E-state index < -0.39 is 5.97 Å². The predicted octanol–water partition coefficient (Wildman–Crippen LogP) is 1.98. The largest absolute Gasteiger partial charge is 0.478 e. The van der Waals surface area contributed by atoms with Crippen molar-refractivity contribution in [1.82, 2.24) is 0 Å². The third-order valence-corrected chi connectivity index (χ3v) is 3.15. The molecule has 0 saturated heterocycles. The minimum Gasteiger partial charge on any atom is -0.478 e. The fraction of sp³-hybridized carbons (Fsp3) is 0.231. The van der Waals surface area contributed by atoms with Crippen LogP contribution in [-0.2, 0) is 12.8 Å². The summed E-state index contributed by atoms with van der Waals surface area (Å²) in [5.74, 6) is -0.280. The molecule has 4 nitrogen and oxygen atoms in total. The molecule has 0 saturated carbocycles. The quantitative estimate of drug-likeness (QED) is 0.813. The van der Waals surface area contributed by atoms with Gasteiger partial charge in [0.1, 0.15) is 11.3 Å². The second kappa shape index (κ2) is 3.45. The van der Waals surface area contributed by atoms with Crippen LogP contribution in [0.5, 0.6) is 0 Å². The summed E-state index contributed by atoms with van der Waals surface area (Å²) in [7, 11) is 0. The molecule has 1 N–H and O–H groups in total. The van der Waals surface area contributed by atoms with Gasteiger partial charge in [-0.15, -0.1) is 0 Å². The molecule has 0 unspecified atom stereocenters. The monoisotopic (exact) mass is 230 g/mol. The number of hydrogen-bond acceptors (Lipinski definition) is 3. The fourth-order valence-corrected chi connectivity index (χ4v) is 2.29. The van der Waals surface area contributed by atoms with Crippen LogP contribution < -0.4 is 5.43 Å². The van der Waals surface area contributed by atoms with E-state index in [1.807, 2.05) is 0 Å². The molecule has 4 heteroatoms. The number of rotatable bonds is 1. The van der Waals surface area contributed by atoms with E-state index in [2.05, 4.69) is 0 Å². The number of carboxylic acids is 1. The van der Waals surface area contributed by atoms with Crippen LogP contribution in [0.1, 0.15) is 28.1 Å². The highest BCUT2D eigenvalue weighted by atomic mass is 16.4. The van der Waals surface area contributed by atoms with Crippen molar-refractivity contribution in [3.8, 4) is 0 Å². The summed E-state index contributed by atoms with van der Waals surface area (Å²) < 4.78 is 5.63. The predicted molar refractivity (Wildman–Crippen MR) is 61.5 cm³/mol. The van der Waals surface area contributed by atoms with Gasteiger partial charge in [-0.3, -0.25) is 4.79 Å². The standard InChI is InChI=1S/C13H10O4/c14-12-8-2-1-3-10(8)17-11-5-4-7(13(15)16)6-9(11)12/h4-6H,1-3H2,(H,15,16). The molecule has 0 aliphatic heterocycles. The first-order chi connectivity index (χ1) is 8.16. The van der Waals surface area contributed by atoms with Crippen molar-refractivity contribution in [3.05, 3.63) is 45.3 Å². The van der Waals surface area contributed by atoms with Crippen LogP contribution in [0.2, 0.25) is 0 Å². The summed E-state index contributed by atoms with van der Waals surface area (Å²) in [6, 6.07) is 4.40. The molecule has 0 fully saturated rings. The minimum absolute atomic E-state index is 0.0816. The maximum absolute atomic E-state index is 12.1. The lowest BCUT2D eigenvalue weighted by atomic mass is 10.1. The van der Waals surface area contributed by atoms with Gasteiger partial charge in [0.05, 0.1) is 10.9 Å². The molecule has 86 valence electrons. The number of fused-ring (bicyclic) bond motifs is 2. The van der Waals surface area contributed by atoms with E-state index in [0.717, 1.165) is 25.0 Å². The average Bonchev–Trinajstić information content (AvgIpc) is 2.77. The van der Waals surface area contributed by atoms with Crippen LogP contribution in [0.15, 0.2) is 27.4 Å². The van der Waals surface area contributed by atoms with Crippen LogP contribution >= 0.6 is 0 Å². The Bertz CT molecular complexity index is 682. The first-order valence-corrected chi connectivity index (χ1v) is 5.49. The van der Waals surface area contributed by atoms with Crippen molar-refractivity contribution in [3.63, 3.8) is 0 Å². The first kappa shape index (κ1) is 10.1. The molecular formula is C13H10O4. The van der Waals surface area contributed by atoms with Crippen molar-refractivity contribution in [2.45, 2.75) is 19.3 Å². The Balaban J connectivity index is 2.37. The summed E-state index contributed by atoms with van der Waals surface area (Å²) >= 11 is 0. The number of hydrogen-bond donors (Lipinski definition) is 1. The number of aryl methyl sites for hydroxylation is 1. The number of carboxylic acid groups (broad SMARTS) is 1. The Morgan fingerprint density at radius 3 is 2.88 bits per heavy atom. The molecule has 3 rings (SSSR count). The molecule has 0 radical (unpaired) electrons.